The monoisotopic (exact) mass is 180 g/mol. The lowest BCUT2D eigenvalue weighted by molar-refractivity contribution is 0.588. The van der Waals surface area contributed by atoms with E-state index in [9.17, 15) is 4.39 Å². The molecule has 2 nitrogen and oxygen atoms in total. The zero-order valence-electron chi connectivity index (χ0n) is 7.79. The van der Waals surface area contributed by atoms with E-state index in [0.717, 1.165) is 5.69 Å². The molecule has 1 heterocycles. The highest BCUT2D eigenvalue weighted by Gasteiger charge is 2.57. The first-order chi connectivity index (χ1) is 6.03. The van der Waals surface area contributed by atoms with E-state index in [2.05, 4.69) is 18.8 Å². The van der Waals surface area contributed by atoms with Crippen molar-refractivity contribution in [3.8, 4) is 0 Å². The minimum Gasteiger partial charge on any atom is -0.327 e. The smallest absolute Gasteiger partial charge is 0.126 e. The molecule has 1 aliphatic rings. The van der Waals surface area contributed by atoms with Crippen LogP contribution in [0.25, 0.3) is 0 Å². The number of nitrogens with two attached hydrogens (primary N) is 1. The van der Waals surface area contributed by atoms with E-state index in [1.807, 2.05) is 0 Å². The van der Waals surface area contributed by atoms with Crippen LogP contribution in [0.15, 0.2) is 18.3 Å². The Morgan fingerprint density at radius 2 is 2.15 bits per heavy atom. The summed E-state index contributed by atoms with van der Waals surface area (Å²) < 4.78 is 12.9. The van der Waals surface area contributed by atoms with E-state index in [0.29, 0.717) is 0 Å². The SMILES string of the molecule is CC1(C)[C@@H](N)[C@@H]1c1cc(F)ccn1. The summed E-state index contributed by atoms with van der Waals surface area (Å²) in [5.74, 6) is -0.0249. The van der Waals surface area contributed by atoms with Crippen molar-refractivity contribution in [3.63, 3.8) is 0 Å². The maximum Gasteiger partial charge on any atom is 0.126 e. The van der Waals surface area contributed by atoms with E-state index in [1.165, 1.54) is 18.3 Å². The third-order valence-electron chi connectivity index (χ3n) is 2.97. The molecule has 1 aromatic heterocycles. The van der Waals surface area contributed by atoms with Crippen LogP contribution in [-0.2, 0) is 0 Å². The lowest BCUT2D eigenvalue weighted by Gasteiger charge is -2.00. The minimum atomic E-state index is -0.236. The zero-order valence-corrected chi connectivity index (χ0v) is 7.79. The van der Waals surface area contributed by atoms with Gasteiger partial charge in [0.2, 0.25) is 0 Å². The molecule has 0 radical (unpaired) electrons. The van der Waals surface area contributed by atoms with Gasteiger partial charge in [0, 0.05) is 23.9 Å². The first-order valence-electron chi connectivity index (χ1n) is 4.40. The van der Waals surface area contributed by atoms with Gasteiger partial charge in [-0.05, 0) is 17.5 Å². The van der Waals surface area contributed by atoms with E-state index in [4.69, 9.17) is 5.73 Å². The average molecular weight is 180 g/mol. The number of hydrogen-bond donors (Lipinski definition) is 1. The fourth-order valence-electron chi connectivity index (χ4n) is 1.83. The van der Waals surface area contributed by atoms with Gasteiger partial charge in [-0.15, -0.1) is 0 Å². The number of pyridine rings is 1. The van der Waals surface area contributed by atoms with E-state index in [-0.39, 0.29) is 23.2 Å². The third-order valence-corrected chi connectivity index (χ3v) is 2.97. The number of nitrogens with zero attached hydrogens (tertiary/aromatic N) is 1. The summed E-state index contributed by atoms with van der Waals surface area (Å²) in [4.78, 5) is 4.13. The zero-order chi connectivity index (χ0) is 9.64. The van der Waals surface area contributed by atoms with Gasteiger partial charge < -0.3 is 5.73 Å². The highest BCUT2D eigenvalue weighted by Crippen LogP contribution is 2.56. The van der Waals surface area contributed by atoms with E-state index >= 15 is 0 Å². The second-order valence-electron chi connectivity index (χ2n) is 4.22. The molecular formula is C10H13FN2. The van der Waals surface area contributed by atoms with Crippen LogP contribution in [0.5, 0.6) is 0 Å². The Kier molecular flexibility index (Phi) is 1.67. The maximum absolute atomic E-state index is 12.9. The summed E-state index contributed by atoms with van der Waals surface area (Å²) in [5.41, 5.74) is 6.71. The van der Waals surface area contributed by atoms with Crippen LogP contribution in [-0.4, -0.2) is 11.0 Å². The van der Waals surface area contributed by atoms with E-state index in [1.54, 1.807) is 0 Å². The summed E-state index contributed by atoms with van der Waals surface area (Å²) in [6, 6.07) is 2.94. The summed E-state index contributed by atoms with van der Waals surface area (Å²) in [7, 11) is 0. The van der Waals surface area contributed by atoms with Gasteiger partial charge in [-0.2, -0.15) is 0 Å². The molecule has 3 heteroatoms. The van der Waals surface area contributed by atoms with Crippen molar-refractivity contribution in [3.05, 3.63) is 29.8 Å². The summed E-state index contributed by atoms with van der Waals surface area (Å²) in [5, 5.41) is 0. The fraction of sp³-hybridized carbons (Fsp3) is 0.500. The average Bonchev–Trinajstić information content (AvgIpc) is 2.51. The van der Waals surface area contributed by atoms with Crippen molar-refractivity contribution in [1.29, 1.82) is 0 Å². The molecule has 0 saturated heterocycles. The molecule has 2 N–H and O–H groups in total. The van der Waals surface area contributed by atoms with Crippen molar-refractivity contribution in [2.24, 2.45) is 11.1 Å². The van der Waals surface area contributed by atoms with Gasteiger partial charge in [-0.3, -0.25) is 4.98 Å². The van der Waals surface area contributed by atoms with Gasteiger partial charge in [-0.25, -0.2) is 4.39 Å². The van der Waals surface area contributed by atoms with Crippen LogP contribution in [0.1, 0.15) is 25.5 Å². The summed E-state index contributed by atoms with van der Waals surface area (Å²) in [6.07, 6.45) is 1.49. The molecule has 70 valence electrons. The topological polar surface area (TPSA) is 38.9 Å². The summed E-state index contributed by atoms with van der Waals surface area (Å²) >= 11 is 0. The molecule has 13 heavy (non-hydrogen) atoms. The van der Waals surface area contributed by atoms with Crippen LogP contribution in [0.3, 0.4) is 0 Å². The lowest BCUT2D eigenvalue weighted by atomic mass is 10.1. The van der Waals surface area contributed by atoms with Crippen LogP contribution in [0.4, 0.5) is 4.39 Å². The van der Waals surface area contributed by atoms with Crippen molar-refractivity contribution in [2.45, 2.75) is 25.8 Å². The molecule has 1 saturated carbocycles. The van der Waals surface area contributed by atoms with Crippen molar-refractivity contribution < 1.29 is 4.39 Å². The predicted octanol–water partition coefficient (Wildman–Crippen LogP) is 1.67. The van der Waals surface area contributed by atoms with Crippen LogP contribution in [0.2, 0.25) is 0 Å². The largest absolute Gasteiger partial charge is 0.327 e. The van der Waals surface area contributed by atoms with Crippen molar-refractivity contribution >= 4 is 0 Å². The molecule has 2 rings (SSSR count). The van der Waals surface area contributed by atoms with Gasteiger partial charge in [0.1, 0.15) is 5.82 Å². The fourth-order valence-corrected chi connectivity index (χ4v) is 1.83. The quantitative estimate of drug-likeness (QED) is 0.714. The number of rotatable bonds is 1. The Morgan fingerprint density at radius 1 is 1.54 bits per heavy atom. The molecule has 1 aromatic rings. The second kappa shape index (κ2) is 2.51. The Morgan fingerprint density at radius 3 is 2.62 bits per heavy atom. The van der Waals surface area contributed by atoms with E-state index < -0.39 is 0 Å². The minimum absolute atomic E-state index is 0.0702. The molecule has 1 fully saturated rings. The van der Waals surface area contributed by atoms with Crippen molar-refractivity contribution in [2.75, 3.05) is 0 Å². The number of aromatic nitrogens is 1. The van der Waals surface area contributed by atoms with Crippen molar-refractivity contribution in [1.82, 2.24) is 4.98 Å². The lowest BCUT2D eigenvalue weighted by Crippen LogP contribution is -2.06. The number of hydrogen-bond acceptors (Lipinski definition) is 2. The molecule has 0 unspecified atom stereocenters. The molecule has 0 spiro atoms. The van der Waals surface area contributed by atoms with Crippen LogP contribution < -0.4 is 5.73 Å². The van der Waals surface area contributed by atoms with Crippen LogP contribution in [0, 0.1) is 11.2 Å². The van der Waals surface area contributed by atoms with Crippen LogP contribution >= 0.6 is 0 Å². The summed E-state index contributed by atoms with van der Waals surface area (Å²) in [6.45, 7) is 4.16. The molecule has 0 amide bonds. The van der Waals surface area contributed by atoms with Gasteiger partial charge >= 0.3 is 0 Å². The Balaban J connectivity index is 2.29. The predicted molar refractivity (Wildman–Crippen MR) is 48.7 cm³/mol. The molecular weight excluding hydrogens is 167 g/mol. The normalized spacial score (nSPS) is 30.2. The first-order valence-corrected chi connectivity index (χ1v) is 4.40. The molecule has 2 atom stereocenters. The second-order valence-corrected chi connectivity index (χ2v) is 4.22. The highest BCUT2D eigenvalue weighted by atomic mass is 19.1. The van der Waals surface area contributed by atoms with Gasteiger partial charge in [0.25, 0.3) is 0 Å². The number of halogens is 1. The Bertz CT molecular complexity index is 335. The highest BCUT2D eigenvalue weighted by molar-refractivity contribution is 5.28. The Hall–Kier alpha value is -0.960. The maximum atomic E-state index is 12.9. The molecule has 0 aromatic carbocycles. The van der Waals surface area contributed by atoms with Gasteiger partial charge in [0.05, 0.1) is 0 Å². The third kappa shape index (κ3) is 1.23. The molecule has 0 aliphatic heterocycles. The van der Waals surface area contributed by atoms with Gasteiger partial charge in [0.15, 0.2) is 0 Å². The van der Waals surface area contributed by atoms with Gasteiger partial charge in [-0.1, -0.05) is 13.8 Å². The standard InChI is InChI=1S/C10H13FN2/c1-10(2)8(9(10)12)7-5-6(11)3-4-13-7/h3-5,8-9H,12H2,1-2H3/t8-,9-/m0/s1. The molecule has 0 bridgehead atoms. The first kappa shape index (κ1) is 8.63. The Labute approximate surface area is 77.0 Å². The molecule has 1 aliphatic carbocycles.